The van der Waals surface area contributed by atoms with Gasteiger partial charge in [0.25, 0.3) is 5.56 Å². The number of ether oxygens (including phenoxy) is 1. The molecular weight excluding hydrogens is 328 g/mol. The summed E-state index contributed by atoms with van der Waals surface area (Å²) in [5.41, 5.74) is 2.60. The number of aromatic nitrogens is 3. The van der Waals surface area contributed by atoms with Gasteiger partial charge >= 0.3 is 0 Å². The van der Waals surface area contributed by atoms with E-state index >= 15 is 0 Å². The van der Waals surface area contributed by atoms with Gasteiger partial charge in [0, 0.05) is 12.3 Å². The Morgan fingerprint density at radius 1 is 1.15 bits per heavy atom. The number of pyridine rings is 1. The van der Waals surface area contributed by atoms with Crippen molar-refractivity contribution in [1.29, 1.82) is 0 Å². The van der Waals surface area contributed by atoms with Crippen molar-refractivity contribution in [3.05, 3.63) is 82.0 Å². The molecule has 134 valence electrons. The Labute approximate surface area is 152 Å². The summed E-state index contributed by atoms with van der Waals surface area (Å²) in [6.07, 6.45) is 3.20. The highest BCUT2D eigenvalue weighted by atomic mass is 16.5. The molecule has 1 unspecified atom stereocenters. The third kappa shape index (κ3) is 4.69. The van der Waals surface area contributed by atoms with Crippen molar-refractivity contribution < 1.29 is 4.74 Å². The van der Waals surface area contributed by atoms with E-state index in [4.69, 9.17) is 4.74 Å². The minimum Gasteiger partial charge on any atom is -0.497 e. The molecule has 0 amide bonds. The molecule has 1 atom stereocenters. The summed E-state index contributed by atoms with van der Waals surface area (Å²) < 4.78 is 5.24. The van der Waals surface area contributed by atoms with E-state index in [9.17, 15) is 4.79 Å². The second-order valence-corrected chi connectivity index (χ2v) is 6.06. The van der Waals surface area contributed by atoms with Gasteiger partial charge in [-0.1, -0.05) is 18.2 Å². The number of aryl methyl sites for hydroxylation is 2. The highest BCUT2D eigenvalue weighted by Gasteiger charge is 2.09. The van der Waals surface area contributed by atoms with Crippen molar-refractivity contribution in [3.63, 3.8) is 0 Å². The summed E-state index contributed by atoms with van der Waals surface area (Å²) in [7, 11) is 1.65. The predicted molar refractivity (Wildman–Crippen MR) is 102 cm³/mol. The van der Waals surface area contributed by atoms with Crippen molar-refractivity contribution in [2.75, 3.05) is 12.4 Å². The van der Waals surface area contributed by atoms with Gasteiger partial charge in [0.15, 0.2) is 0 Å². The van der Waals surface area contributed by atoms with Gasteiger partial charge in [0.1, 0.15) is 5.75 Å². The number of aromatic amines is 1. The first kappa shape index (κ1) is 17.7. The fourth-order valence-electron chi connectivity index (χ4n) is 2.72. The quantitative estimate of drug-likeness (QED) is 0.684. The van der Waals surface area contributed by atoms with E-state index in [1.54, 1.807) is 13.3 Å². The van der Waals surface area contributed by atoms with Gasteiger partial charge < -0.3 is 10.1 Å². The zero-order valence-corrected chi connectivity index (χ0v) is 14.9. The normalized spacial score (nSPS) is 11.8. The average molecular weight is 350 g/mol. The molecule has 0 spiro atoms. The molecule has 0 bridgehead atoms. The van der Waals surface area contributed by atoms with Crippen LogP contribution < -0.4 is 15.6 Å². The van der Waals surface area contributed by atoms with Crippen LogP contribution in [-0.4, -0.2) is 22.1 Å². The van der Waals surface area contributed by atoms with Crippen LogP contribution in [0.3, 0.4) is 0 Å². The molecule has 3 rings (SSSR count). The SMILES string of the molecule is COc1cccc(CCc2cc(=O)[nH]c(NC(C)c3ccccn3)n2)c1. The van der Waals surface area contributed by atoms with Gasteiger partial charge in [0.05, 0.1) is 24.5 Å². The van der Waals surface area contributed by atoms with E-state index in [2.05, 4.69) is 20.3 Å². The molecule has 2 heterocycles. The van der Waals surface area contributed by atoms with E-state index in [-0.39, 0.29) is 11.6 Å². The van der Waals surface area contributed by atoms with Crippen LogP contribution in [0.2, 0.25) is 0 Å². The topological polar surface area (TPSA) is 79.9 Å². The number of nitrogens with zero attached hydrogens (tertiary/aromatic N) is 2. The average Bonchev–Trinajstić information content (AvgIpc) is 2.67. The van der Waals surface area contributed by atoms with Crippen LogP contribution in [0.25, 0.3) is 0 Å². The maximum absolute atomic E-state index is 12.0. The lowest BCUT2D eigenvalue weighted by Gasteiger charge is -2.14. The van der Waals surface area contributed by atoms with Gasteiger partial charge in [-0.25, -0.2) is 4.98 Å². The van der Waals surface area contributed by atoms with Gasteiger partial charge in [-0.15, -0.1) is 0 Å². The lowest BCUT2D eigenvalue weighted by molar-refractivity contribution is 0.414. The molecule has 2 aromatic heterocycles. The number of H-pyrrole nitrogens is 1. The monoisotopic (exact) mass is 350 g/mol. The predicted octanol–water partition coefficient (Wildman–Crippen LogP) is 3.13. The molecule has 2 N–H and O–H groups in total. The molecule has 0 fully saturated rings. The fourth-order valence-corrected chi connectivity index (χ4v) is 2.72. The minimum atomic E-state index is -0.170. The number of methoxy groups -OCH3 is 1. The van der Waals surface area contributed by atoms with E-state index < -0.39 is 0 Å². The van der Waals surface area contributed by atoms with Crippen molar-refractivity contribution in [1.82, 2.24) is 15.0 Å². The van der Waals surface area contributed by atoms with Crippen LogP contribution in [0, 0.1) is 0 Å². The Balaban J connectivity index is 1.70. The molecule has 0 aliphatic carbocycles. The molecular formula is C20H22N4O2. The molecule has 0 aliphatic heterocycles. The number of hydrogen-bond acceptors (Lipinski definition) is 5. The van der Waals surface area contributed by atoms with Crippen molar-refractivity contribution in [2.24, 2.45) is 0 Å². The molecule has 0 saturated carbocycles. The number of hydrogen-bond donors (Lipinski definition) is 2. The third-order valence-electron chi connectivity index (χ3n) is 4.08. The van der Waals surface area contributed by atoms with Crippen molar-refractivity contribution in [3.8, 4) is 5.75 Å². The van der Waals surface area contributed by atoms with Crippen LogP contribution in [-0.2, 0) is 12.8 Å². The third-order valence-corrected chi connectivity index (χ3v) is 4.08. The van der Waals surface area contributed by atoms with Crippen LogP contribution in [0.4, 0.5) is 5.95 Å². The van der Waals surface area contributed by atoms with Crippen molar-refractivity contribution in [2.45, 2.75) is 25.8 Å². The first-order valence-electron chi connectivity index (χ1n) is 8.54. The lowest BCUT2D eigenvalue weighted by Crippen LogP contribution is -2.17. The first-order valence-corrected chi connectivity index (χ1v) is 8.54. The summed E-state index contributed by atoms with van der Waals surface area (Å²) in [5, 5.41) is 3.21. The zero-order valence-electron chi connectivity index (χ0n) is 14.9. The van der Waals surface area contributed by atoms with E-state index in [1.165, 1.54) is 6.07 Å². The van der Waals surface area contributed by atoms with Gasteiger partial charge in [0.2, 0.25) is 5.95 Å². The van der Waals surface area contributed by atoms with Gasteiger partial charge in [-0.05, 0) is 49.6 Å². The van der Waals surface area contributed by atoms with Gasteiger partial charge in [-0.3, -0.25) is 14.8 Å². The maximum atomic E-state index is 12.0. The number of rotatable bonds is 7. The highest BCUT2D eigenvalue weighted by Crippen LogP contribution is 2.16. The first-order chi connectivity index (χ1) is 12.6. The largest absolute Gasteiger partial charge is 0.497 e. The molecule has 0 radical (unpaired) electrons. The Morgan fingerprint density at radius 2 is 2.04 bits per heavy atom. The number of nitrogens with one attached hydrogen (secondary N) is 2. The summed E-state index contributed by atoms with van der Waals surface area (Å²) in [4.78, 5) is 23.6. The number of benzene rings is 1. The van der Waals surface area contributed by atoms with Crippen molar-refractivity contribution >= 4 is 5.95 Å². The van der Waals surface area contributed by atoms with Gasteiger partial charge in [-0.2, -0.15) is 0 Å². The maximum Gasteiger partial charge on any atom is 0.252 e. The molecule has 26 heavy (non-hydrogen) atoms. The smallest absolute Gasteiger partial charge is 0.252 e. The second kappa shape index (κ2) is 8.29. The molecule has 0 saturated heterocycles. The molecule has 0 aliphatic rings. The molecule has 6 heteroatoms. The van der Waals surface area contributed by atoms with E-state index in [0.717, 1.165) is 29.1 Å². The highest BCUT2D eigenvalue weighted by molar-refractivity contribution is 5.31. The zero-order chi connectivity index (χ0) is 18.4. The Hall–Kier alpha value is -3.15. The number of anilines is 1. The van der Waals surface area contributed by atoms with E-state index in [0.29, 0.717) is 12.4 Å². The Kier molecular flexibility index (Phi) is 5.63. The summed E-state index contributed by atoms with van der Waals surface area (Å²) in [6.45, 7) is 1.98. The standard InChI is InChI=1S/C20H22N4O2/c1-14(18-8-3-4-11-21-18)22-20-23-16(13-19(25)24-20)10-9-15-6-5-7-17(12-15)26-2/h3-8,11-14H,9-10H2,1-2H3,(H2,22,23,24,25). The summed E-state index contributed by atoms with van der Waals surface area (Å²) in [5.74, 6) is 1.28. The minimum absolute atomic E-state index is 0.0621. The second-order valence-electron chi connectivity index (χ2n) is 6.06. The molecule has 1 aromatic carbocycles. The Morgan fingerprint density at radius 3 is 2.81 bits per heavy atom. The fraction of sp³-hybridized carbons (Fsp3) is 0.250. The van der Waals surface area contributed by atoms with Crippen LogP contribution in [0.1, 0.15) is 29.9 Å². The van der Waals surface area contributed by atoms with Crippen LogP contribution >= 0.6 is 0 Å². The van der Waals surface area contributed by atoms with Crippen LogP contribution in [0.5, 0.6) is 5.75 Å². The summed E-state index contributed by atoms with van der Waals surface area (Å²) in [6, 6.07) is 15.1. The lowest BCUT2D eigenvalue weighted by atomic mass is 10.1. The summed E-state index contributed by atoms with van der Waals surface area (Å²) >= 11 is 0. The molecule has 6 nitrogen and oxygen atoms in total. The Bertz CT molecular complexity index is 909. The molecule has 3 aromatic rings. The van der Waals surface area contributed by atoms with Crippen LogP contribution in [0.15, 0.2) is 59.5 Å². The van der Waals surface area contributed by atoms with E-state index in [1.807, 2.05) is 49.4 Å².